The number of hydrogen-bond acceptors (Lipinski definition) is 3. The number of carbonyl (C=O) groups excluding carboxylic acids is 1. The van der Waals surface area contributed by atoms with Crippen molar-refractivity contribution in [2.45, 2.75) is 38.2 Å². The zero-order valence-corrected chi connectivity index (χ0v) is 10.8. The summed E-state index contributed by atoms with van der Waals surface area (Å²) in [6.45, 7) is 1.36. The Morgan fingerprint density at radius 3 is 2.44 bits per heavy atom. The fourth-order valence-electron chi connectivity index (χ4n) is 2.72. The first-order chi connectivity index (χ1) is 8.59. The molecule has 0 radical (unpaired) electrons. The molecule has 3 atom stereocenters. The molecule has 102 valence electrons. The van der Waals surface area contributed by atoms with Crippen LogP contribution in [0, 0.1) is 11.8 Å². The van der Waals surface area contributed by atoms with Gasteiger partial charge in [0, 0.05) is 20.2 Å². The maximum Gasteiger partial charge on any atom is 0.307 e. The molecule has 0 spiro atoms. The van der Waals surface area contributed by atoms with Crippen LogP contribution in [0.15, 0.2) is 0 Å². The van der Waals surface area contributed by atoms with E-state index in [1.54, 1.807) is 11.9 Å². The van der Waals surface area contributed by atoms with E-state index < -0.39 is 11.9 Å². The average molecular weight is 255 g/mol. The van der Waals surface area contributed by atoms with Gasteiger partial charge in [-0.05, 0) is 32.1 Å². The predicted octanol–water partition coefficient (Wildman–Crippen LogP) is 1.12. The third kappa shape index (κ3) is 2.83. The number of carboxylic acid groups (broad SMARTS) is 1. The molecule has 0 bridgehead atoms. The van der Waals surface area contributed by atoms with Crippen molar-refractivity contribution in [2.75, 3.05) is 20.2 Å². The second-order valence-electron chi connectivity index (χ2n) is 5.34. The molecule has 0 aromatic heterocycles. The van der Waals surface area contributed by atoms with Gasteiger partial charge in [-0.2, -0.15) is 0 Å². The van der Waals surface area contributed by atoms with Crippen molar-refractivity contribution >= 4 is 11.9 Å². The van der Waals surface area contributed by atoms with Crippen molar-refractivity contribution in [2.24, 2.45) is 11.8 Å². The molecule has 1 aliphatic carbocycles. The lowest BCUT2D eigenvalue weighted by molar-refractivity contribution is -0.156. The van der Waals surface area contributed by atoms with E-state index in [1.165, 1.54) is 0 Å². The zero-order chi connectivity index (χ0) is 13.1. The van der Waals surface area contributed by atoms with E-state index in [2.05, 4.69) is 0 Å². The van der Waals surface area contributed by atoms with E-state index >= 15 is 0 Å². The number of nitrogens with zero attached hydrogens (tertiary/aromatic N) is 1. The second-order valence-corrected chi connectivity index (χ2v) is 5.34. The van der Waals surface area contributed by atoms with Crippen molar-refractivity contribution in [1.82, 2.24) is 4.90 Å². The molecule has 1 amide bonds. The summed E-state index contributed by atoms with van der Waals surface area (Å²) in [5.74, 6) is -1.69. The molecule has 5 nitrogen and oxygen atoms in total. The van der Waals surface area contributed by atoms with E-state index in [0.717, 1.165) is 25.9 Å². The largest absolute Gasteiger partial charge is 0.481 e. The highest BCUT2D eigenvalue weighted by atomic mass is 16.5. The molecule has 2 fully saturated rings. The molecule has 0 aromatic carbocycles. The summed E-state index contributed by atoms with van der Waals surface area (Å²) in [7, 11) is 1.75. The summed E-state index contributed by atoms with van der Waals surface area (Å²) in [5.41, 5.74) is 0. The van der Waals surface area contributed by atoms with Crippen molar-refractivity contribution < 1.29 is 19.4 Å². The maximum absolute atomic E-state index is 12.1. The number of amides is 1. The quantitative estimate of drug-likeness (QED) is 0.817. The second kappa shape index (κ2) is 5.69. The molecule has 18 heavy (non-hydrogen) atoms. The van der Waals surface area contributed by atoms with Crippen molar-refractivity contribution in [3.8, 4) is 0 Å². The lowest BCUT2D eigenvalue weighted by Gasteiger charge is -2.36. The smallest absolute Gasteiger partial charge is 0.307 e. The first kappa shape index (κ1) is 13.3. The minimum Gasteiger partial charge on any atom is -0.481 e. The maximum atomic E-state index is 12.1. The molecule has 0 aromatic rings. The summed E-state index contributed by atoms with van der Waals surface area (Å²) in [6.07, 6.45) is 4.68. The van der Waals surface area contributed by atoms with E-state index in [9.17, 15) is 9.59 Å². The molecule has 1 heterocycles. The monoisotopic (exact) mass is 255 g/mol. The minimum atomic E-state index is -0.845. The van der Waals surface area contributed by atoms with Gasteiger partial charge in [0.25, 0.3) is 0 Å². The number of hydrogen-bond donors (Lipinski definition) is 1. The van der Waals surface area contributed by atoms with E-state index in [0.29, 0.717) is 19.4 Å². The van der Waals surface area contributed by atoms with Crippen LogP contribution in [-0.4, -0.2) is 48.2 Å². The molecular formula is C13H21NO4. The van der Waals surface area contributed by atoms with Crippen LogP contribution in [0.5, 0.6) is 0 Å². The SMILES string of the molecule is CN(CC1CCCCO1)C(=O)C1CCC1C(=O)O. The molecular weight excluding hydrogens is 234 g/mol. The van der Waals surface area contributed by atoms with E-state index in [-0.39, 0.29) is 17.9 Å². The van der Waals surface area contributed by atoms with Crippen molar-refractivity contribution in [3.05, 3.63) is 0 Å². The van der Waals surface area contributed by atoms with Gasteiger partial charge in [0.15, 0.2) is 0 Å². The molecule has 3 unspecified atom stereocenters. The van der Waals surface area contributed by atoms with Gasteiger partial charge in [0.2, 0.25) is 5.91 Å². The minimum absolute atomic E-state index is 0.0391. The van der Waals surface area contributed by atoms with Gasteiger partial charge >= 0.3 is 5.97 Å². The Kier molecular flexibility index (Phi) is 4.22. The Morgan fingerprint density at radius 1 is 1.22 bits per heavy atom. The van der Waals surface area contributed by atoms with Crippen molar-refractivity contribution in [3.63, 3.8) is 0 Å². The Morgan fingerprint density at radius 2 is 1.94 bits per heavy atom. The standard InChI is InChI=1S/C13H21NO4/c1-14(8-9-4-2-3-7-18-9)12(15)10-5-6-11(10)13(16)17/h9-11H,2-8H2,1H3,(H,16,17). The van der Waals surface area contributed by atoms with Gasteiger partial charge in [-0.15, -0.1) is 0 Å². The van der Waals surface area contributed by atoms with Gasteiger partial charge in [0.1, 0.15) is 0 Å². The number of carboxylic acids is 1. The highest BCUT2D eigenvalue weighted by molar-refractivity contribution is 5.86. The van der Waals surface area contributed by atoms with Crippen LogP contribution < -0.4 is 0 Å². The van der Waals surface area contributed by atoms with E-state index in [1.807, 2.05) is 0 Å². The predicted molar refractivity (Wildman–Crippen MR) is 65.1 cm³/mol. The average Bonchev–Trinajstić information content (AvgIpc) is 2.27. The number of aliphatic carboxylic acids is 1. The van der Waals surface area contributed by atoms with Crippen LogP contribution >= 0.6 is 0 Å². The Hall–Kier alpha value is -1.10. The number of likely N-dealkylation sites (N-methyl/N-ethyl adjacent to an activating group) is 1. The fraction of sp³-hybridized carbons (Fsp3) is 0.846. The normalized spacial score (nSPS) is 31.5. The Balaban J connectivity index is 1.82. The topological polar surface area (TPSA) is 66.8 Å². The molecule has 2 rings (SSSR count). The van der Waals surface area contributed by atoms with Gasteiger partial charge < -0.3 is 14.7 Å². The summed E-state index contributed by atoms with van der Waals surface area (Å²) in [4.78, 5) is 24.7. The van der Waals surface area contributed by atoms with Gasteiger partial charge in [0.05, 0.1) is 17.9 Å². The van der Waals surface area contributed by atoms with E-state index in [4.69, 9.17) is 9.84 Å². The molecule has 2 aliphatic rings. The van der Waals surface area contributed by atoms with Gasteiger partial charge in [-0.25, -0.2) is 0 Å². The lowest BCUT2D eigenvalue weighted by Crippen LogP contribution is -2.47. The fourth-order valence-corrected chi connectivity index (χ4v) is 2.72. The van der Waals surface area contributed by atoms with Crippen LogP contribution in [0.3, 0.4) is 0 Å². The molecule has 1 N–H and O–H groups in total. The van der Waals surface area contributed by atoms with Crippen LogP contribution in [0.1, 0.15) is 32.1 Å². The summed E-state index contributed by atoms with van der Waals surface area (Å²) in [6, 6.07) is 0. The zero-order valence-electron chi connectivity index (χ0n) is 10.8. The van der Waals surface area contributed by atoms with Crippen LogP contribution in [0.2, 0.25) is 0 Å². The lowest BCUT2D eigenvalue weighted by atomic mass is 9.73. The number of ether oxygens (including phenoxy) is 1. The molecule has 1 aliphatic heterocycles. The third-order valence-electron chi connectivity index (χ3n) is 4.04. The van der Waals surface area contributed by atoms with Crippen LogP contribution in [0.4, 0.5) is 0 Å². The van der Waals surface area contributed by atoms with Crippen molar-refractivity contribution in [1.29, 1.82) is 0 Å². The first-order valence-electron chi connectivity index (χ1n) is 6.69. The highest BCUT2D eigenvalue weighted by Crippen LogP contribution is 2.35. The van der Waals surface area contributed by atoms with Gasteiger partial charge in [-0.3, -0.25) is 9.59 Å². The number of rotatable bonds is 4. The first-order valence-corrected chi connectivity index (χ1v) is 6.69. The Labute approximate surface area is 107 Å². The molecule has 1 saturated carbocycles. The molecule has 1 saturated heterocycles. The van der Waals surface area contributed by atoms with Gasteiger partial charge in [-0.1, -0.05) is 0 Å². The highest BCUT2D eigenvalue weighted by Gasteiger charge is 2.42. The summed E-state index contributed by atoms with van der Waals surface area (Å²) in [5, 5.41) is 8.96. The summed E-state index contributed by atoms with van der Waals surface area (Å²) < 4.78 is 5.59. The Bertz CT molecular complexity index is 325. The summed E-state index contributed by atoms with van der Waals surface area (Å²) >= 11 is 0. The van der Waals surface area contributed by atoms with Crippen LogP contribution in [0.25, 0.3) is 0 Å². The number of carbonyl (C=O) groups is 2. The third-order valence-corrected chi connectivity index (χ3v) is 4.04. The molecule has 5 heteroatoms. The van der Waals surface area contributed by atoms with Crippen LogP contribution in [-0.2, 0) is 14.3 Å².